The molecule has 0 aliphatic heterocycles. The lowest BCUT2D eigenvalue weighted by Crippen LogP contribution is -2.50. The Bertz CT molecular complexity index is 431. The molecular formula is C17H27NO. The Hall–Kier alpha value is -0.860. The van der Waals surface area contributed by atoms with Gasteiger partial charge in [-0.3, -0.25) is 0 Å². The van der Waals surface area contributed by atoms with Crippen LogP contribution in [0.15, 0.2) is 24.3 Å². The second-order valence-corrected chi connectivity index (χ2v) is 6.55. The van der Waals surface area contributed by atoms with Crippen LogP contribution in [0.25, 0.3) is 0 Å². The van der Waals surface area contributed by atoms with Crippen molar-refractivity contribution in [1.82, 2.24) is 0 Å². The molecule has 0 spiro atoms. The summed E-state index contributed by atoms with van der Waals surface area (Å²) in [5.41, 5.74) is 7.27. The van der Waals surface area contributed by atoms with Crippen LogP contribution in [0.2, 0.25) is 0 Å². The minimum atomic E-state index is -0.840. The Morgan fingerprint density at radius 2 is 1.89 bits per heavy atom. The Balaban J connectivity index is 2.39. The summed E-state index contributed by atoms with van der Waals surface area (Å²) < 4.78 is 0. The molecule has 106 valence electrons. The second-order valence-electron chi connectivity index (χ2n) is 6.55. The third-order valence-corrected chi connectivity index (χ3v) is 5.32. The lowest BCUT2D eigenvalue weighted by Gasteiger charge is -2.49. The molecule has 2 heteroatoms. The van der Waals surface area contributed by atoms with Gasteiger partial charge in [-0.25, -0.2) is 0 Å². The van der Waals surface area contributed by atoms with E-state index in [2.05, 4.69) is 19.9 Å². The average molecular weight is 261 g/mol. The van der Waals surface area contributed by atoms with Crippen LogP contribution in [-0.4, -0.2) is 11.7 Å². The molecule has 1 aliphatic carbocycles. The van der Waals surface area contributed by atoms with Crippen LogP contribution in [0.3, 0.4) is 0 Å². The fourth-order valence-electron chi connectivity index (χ4n) is 3.61. The van der Waals surface area contributed by atoms with Gasteiger partial charge in [0.25, 0.3) is 0 Å². The first-order valence-electron chi connectivity index (χ1n) is 7.41. The predicted molar refractivity (Wildman–Crippen MR) is 79.9 cm³/mol. The van der Waals surface area contributed by atoms with Gasteiger partial charge in [-0.2, -0.15) is 0 Å². The van der Waals surface area contributed by atoms with Crippen molar-refractivity contribution in [2.24, 2.45) is 17.1 Å². The highest BCUT2D eigenvalue weighted by Gasteiger charge is 2.48. The van der Waals surface area contributed by atoms with Crippen LogP contribution in [0.4, 0.5) is 0 Å². The molecule has 1 aliphatic rings. The third-order valence-electron chi connectivity index (χ3n) is 5.32. The Morgan fingerprint density at radius 3 is 2.42 bits per heavy atom. The molecule has 0 bridgehead atoms. The molecule has 0 radical (unpaired) electrons. The summed E-state index contributed by atoms with van der Waals surface area (Å²) in [5, 5.41) is 11.2. The second kappa shape index (κ2) is 5.26. The van der Waals surface area contributed by atoms with E-state index in [9.17, 15) is 5.11 Å². The van der Waals surface area contributed by atoms with Crippen molar-refractivity contribution in [2.45, 2.75) is 52.1 Å². The van der Waals surface area contributed by atoms with Gasteiger partial charge in [0, 0.05) is 12.0 Å². The normalized spacial score (nSPS) is 30.9. The van der Waals surface area contributed by atoms with E-state index < -0.39 is 5.60 Å². The van der Waals surface area contributed by atoms with Gasteiger partial charge in [-0.05, 0) is 43.7 Å². The van der Waals surface area contributed by atoms with E-state index in [-0.39, 0.29) is 5.41 Å². The van der Waals surface area contributed by atoms with E-state index in [0.717, 1.165) is 29.9 Å². The molecule has 1 unspecified atom stereocenters. The summed E-state index contributed by atoms with van der Waals surface area (Å²) in [6, 6.07) is 8.14. The van der Waals surface area contributed by atoms with Crippen molar-refractivity contribution >= 4 is 0 Å². The summed E-state index contributed by atoms with van der Waals surface area (Å²) in [4.78, 5) is 0. The Kier molecular flexibility index (Phi) is 4.03. The van der Waals surface area contributed by atoms with Gasteiger partial charge < -0.3 is 10.8 Å². The molecule has 3 N–H and O–H groups in total. The summed E-state index contributed by atoms with van der Waals surface area (Å²) in [7, 11) is 0. The van der Waals surface area contributed by atoms with Gasteiger partial charge >= 0.3 is 0 Å². The smallest absolute Gasteiger partial charge is 0.0939 e. The lowest BCUT2D eigenvalue weighted by atomic mass is 9.59. The summed E-state index contributed by atoms with van der Waals surface area (Å²) in [5.74, 6) is 0.757. The fraction of sp³-hybridized carbons (Fsp3) is 0.647. The van der Waals surface area contributed by atoms with Gasteiger partial charge in [-0.1, -0.05) is 44.0 Å². The molecule has 2 nitrogen and oxygen atoms in total. The summed E-state index contributed by atoms with van der Waals surface area (Å²) in [6.07, 6.45) is 4.37. The molecule has 0 amide bonds. The van der Waals surface area contributed by atoms with E-state index >= 15 is 0 Å². The minimum Gasteiger partial charge on any atom is -0.385 e. The Morgan fingerprint density at radius 1 is 1.32 bits per heavy atom. The van der Waals surface area contributed by atoms with Crippen LogP contribution in [0.5, 0.6) is 0 Å². The van der Waals surface area contributed by atoms with Crippen molar-refractivity contribution in [3.63, 3.8) is 0 Å². The molecule has 1 aromatic carbocycles. The number of aliphatic hydroxyl groups is 1. The minimum absolute atomic E-state index is 0.175. The highest BCUT2D eigenvalue weighted by Crippen LogP contribution is 2.50. The molecule has 0 aromatic heterocycles. The molecule has 1 saturated carbocycles. The molecule has 2 rings (SSSR count). The molecule has 1 fully saturated rings. The van der Waals surface area contributed by atoms with Crippen molar-refractivity contribution in [2.75, 3.05) is 6.54 Å². The maximum atomic E-state index is 11.2. The van der Waals surface area contributed by atoms with Crippen molar-refractivity contribution in [3.05, 3.63) is 35.4 Å². The van der Waals surface area contributed by atoms with Gasteiger partial charge in [-0.15, -0.1) is 0 Å². The van der Waals surface area contributed by atoms with Gasteiger partial charge in [0.15, 0.2) is 0 Å². The van der Waals surface area contributed by atoms with Crippen LogP contribution in [0.1, 0.15) is 50.7 Å². The molecule has 0 saturated heterocycles. The van der Waals surface area contributed by atoms with E-state index in [4.69, 9.17) is 5.73 Å². The number of benzene rings is 1. The highest BCUT2D eigenvalue weighted by atomic mass is 16.3. The number of hydrogen-bond donors (Lipinski definition) is 2. The van der Waals surface area contributed by atoms with Crippen LogP contribution in [-0.2, 0) is 5.60 Å². The number of hydrogen-bond acceptors (Lipinski definition) is 2. The maximum absolute atomic E-state index is 11.2. The molecule has 1 atom stereocenters. The van der Waals surface area contributed by atoms with Crippen molar-refractivity contribution in [1.29, 1.82) is 0 Å². The zero-order valence-corrected chi connectivity index (χ0v) is 12.4. The van der Waals surface area contributed by atoms with Crippen LogP contribution in [0, 0.1) is 18.3 Å². The molecular weight excluding hydrogens is 234 g/mol. The van der Waals surface area contributed by atoms with Gasteiger partial charge in [0.1, 0.15) is 0 Å². The highest BCUT2D eigenvalue weighted by molar-refractivity contribution is 5.33. The lowest BCUT2D eigenvalue weighted by molar-refractivity contribution is -0.0974. The first-order chi connectivity index (χ1) is 8.93. The van der Waals surface area contributed by atoms with Crippen LogP contribution >= 0.6 is 0 Å². The van der Waals surface area contributed by atoms with E-state index in [1.54, 1.807) is 0 Å². The largest absolute Gasteiger partial charge is 0.385 e. The molecule has 19 heavy (non-hydrogen) atoms. The first-order valence-corrected chi connectivity index (χ1v) is 7.41. The predicted octanol–water partition coefficient (Wildman–Crippen LogP) is 3.36. The average Bonchev–Trinajstić information content (AvgIpc) is 2.40. The summed E-state index contributed by atoms with van der Waals surface area (Å²) in [6.45, 7) is 6.88. The number of rotatable bonds is 3. The zero-order chi connectivity index (χ0) is 14.1. The fourth-order valence-corrected chi connectivity index (χ4v) is 3.61. The van der Waals surface area contributed by atoms with E-state index in [1.165, 1.54) is 12.8 Å². The molecule has 0 heterocycles. The first kappa shape index (κ1) is 14.5. The third kappa shape index (κ3) is 2.44. The van der Waals surface area contributed by atoms with Crippen molar-refractivity contribution in [3.8, 4) is 0 Å². The number of nitrogens with two attached hydrogens (primary N) is 1. The standard InChI is InChI=1S/C17H27NO/c1-13-8-10-17(12-18,11-9-13)16(3,19)15-7-5-4-6-14(15)2/h4-7,13,19H,8-12,18H2,1-3H3. The summed E-state index contributed by atoms with van der Waals surface area (Å²) >= 11 is 0. The van der Waals surface area contributed by atoms with Crippen LogP contribution < -0.4 is 5.73 Å². The zero-order valence-electron chi connectivity index (χ0n) is 12.4. The van der Waals surface area contributed by atoms with Gasteiger partial charge in [0.2, 0.25) is 0 Å². The quantitative estimate of drug-likeness (QED) is 0.876. The topological polar surface area (TPSA) is 46.2 Å². The number of aryl methyl sites for hydroxylation is 1. The molecule has 1 aromatic rings. The monoisotopic (exact) mass is 261 g/mol. The van der Waals surface area contributed by atoms with E-state index in [0.29, 0.717) is 6.54 Å². The Labute approximate surface area is 117 Å². The SMILES string of the molecule is Cc1ccccc1C(C)(O)C1(CN)CCC(C)CC1. The van der Waals surface area contributed by atoms with Crippen molar-refractivity contribution < 1.29 is 5.11 Å². The van der Waals surface area contributed by atoms with Gasteiger partial charge in [0.05, 0.1) is 5.60 Å². The van der Waals surface area contributed by atoms with E-state index in [1.807, 2.05) is 25.1 Å². The maximum Gasteiger partial charge on any atom is 0.0939 e.